The third-order valence-corrected chi connectivity index (χ3v) is 5.96. The molecule has 138 valence electrons. The van der Waals surface area contributed by atoms with Crippen molar-refractivity contribution < 1.29 is 14.4 Å². The van der Waals surface area contributed by atoms with E-state index in [4.69, 9.17) is 0 Å². The number of anilines is 2. The van der Waals surface area contributed by atoms with Crippen molar-refractivity contribution in [2.24, 2.45) is 0 Å². The number of fused-ring (bicyclic) bond motifs is 2. The van der Waals surface area contributed by atoms with Gasteiger partial charge in [-0.3, -0.25) is 14.4 Å². The van der Waals surface area contributed by atoms with Gasteiger partial charge in [0.25, 0.3) is 0 Å². The van der Waals surface area contributed by atoms with Gasteiger partial charge in [0.1, 0.15) is 0 Å². The predicted molar refractivity (Wildman–Crippen MR) is 108 cm³/mol. The average molecular weight is 427 g/mol. The zero-order chi connectivity index (χ0) is 19.3. The van der Waals surface area contributed by atoms with Crippen LogP contribution in [0.3, 0.4) is 0 Å². The summed E-state index contributed by atoms with van der Waals surface area (Å²) in [7, 11) is 1.62. The van der Waals surface area contributed by atoms with Crippen LogP contribution in [0.5, 0.6) is 0 Å². The molecule has 4 rings (SSSR count). The molecule has 1 saturated heterocycles. The van der Waals surface area contributed by atoms with Crippen LogP contribution in [-0.2, 0) is 4.79 Å². The van der Waals surface area contributed by atoms with Crippen LogP contribution < -0.4 is 9.80 Å². The minimum absolute atomic E-state index is 0.159. The summed E-state index contributed by atoms with van der Waals surface area (Å²) >= 11 is 3.55. The molecule has 1 heterocycles. The van der Waals surface area contributed by atoms with Gasteiger partial charge in [-0.1, -0.05) is 24.3 Å². The quantitative estimate of drug-likeness (QED) is 0.624. The van der Waals surface area contributed by atoms with E-state index in [0.717, 1.165) is 31.6 Å². The number of ketones is 2. The maximum atomic E-state index is 13.4. The molecule has 0 N–H and O–H groups in total. The van der Waals surface area contributed by atoms with Gasteiger partial charge in [-0.15, -0.1) is 0 Å². The Balaban J connectivity index is 2.06. The number of hydrogen-bond donors (Lipinski definition) is 0. The Morgan fingerprint density at radius 3 is 2.15 bits per heavy atom. The van der Waals surface area contributed by atoms with Crippen LogP contribution in [0.25, 0.3) is 0 Å². The van der Waals surface area contributed by atoms with E-state index >= 15 is 0 Å². The minimum Gasteiger partial charge on any atom is -0.371 e. The van der Waals surface area contributed by atoms with E-state index in [-0.39, 0.29) is 17.5 Å². The molecule has 0 spiro atoms. The maximum Gasteiger partial charge on any atom is 0.223 e. The highest BCUT2D eigenvalue weighted by molar-refractivity contribution is 9.10. The van der Waals surface area contributed by atoms with Crippen molar-refractivity contribution in [2.75, 3.05) is 29.9 Å². The van der Waals surface area contributed by atoms with Crippen molar-refractivity contribution in [3.63, 3.8) is 0 Å². The van der Waals surface area contributed by atoms with Gasteiger partial charge < -0.3 is 9.80 Å². The first-order valence-electron chi connectivity index (χ1n) is 8.96. The molecule has 2 aromatic rings. The molecule has 0 bridgehead atoms. The minimum atomic E-state index is -0.218. The summed E-state index contributed by atoms with van der Waals surface area (Å²) < 4.78 is 0.640. The first-order chi connectivity index (χ1) is 12.9. The van der Waals surface area contributed by atoms with Crippen molar-refractivity contribution >= 4 is 44.8 Å². The number of amides is 1. The van der Waals surface area contributed by atoms with Crippen molar-refractivity contribution in [3.8, 4) is 0 Å². The normalized spacial score (nSPS) is 15.6. The molecule has 2 aliphatic rings. The lowest BCUT2D eigenvalue weighted by molar-refractivity contribution is -0.116. The standard InChI is InChI=1S/C21H19BrN2O3/c1-12(25)23(2)19-15(22)11-16(24-9-5-6-10-24)17-18(19)21(27)14-8-4-3-7-13(14)20(17)26/h3-4,7-8,11H,5-6,9-10H2,1-2H3. The maximum absolute atomic E-state index is 13.4. The van der Waals surface area contributed by atoms with Gasteiger partial charge in [-0.25, -0.2) is 0 Å². The SMILES string of the molecule is CC(=O)N(C)c1c(Br)cc(N2CCCC2)c2c1C(=O)c1ccccc1C2=O. The van der Waals surface area contributed by atoms with E-state index in [0.29, 0.717) is 32.4 Å². The summed E-state index contributed by atoms with van der Waals surface area (Å²) in [5, 5.41) is 0. The number of benzene rings is 2. The second-order valence-corrected chi connectivity index (χ2v) is 7.81. The summed E-state index contributed by atoms with van der Waals surface area (Å²) in [5.74, 6) is -0.580. The number of halogens is 1. The molecule has 0 atom stereocenters. The fourth-order valence-electron chi connectivity index (χ4n) is 3.92. The highest BCUT2D eigenvalue weighted by atomic mass is 79.9. The van der Waals surface area contributed by atoms with Gasteiger partial charge in [-0.05, 0) is 34.8 Å². The topological polar surface area (TPSA) is 57.7 Å². The molecule has 1 amide bonds. The molecule has 6 heteroatoms. The smallest absolute Gasteiger partial charge is 0.223 e. The Morgan fingerprint density at radius 2 is 1.59 bits per heavy atom. The molecule has 1 aliphatic heterocycles. The molecular weight excluding hydrogens is 408 g/mol. The molecular formula is C21H19BrN2O3. The summed E-state index contributed by atoms with van der Waals surface area (Å²) in [6.45, 7) is 3.14. The van der Waals surface area contributed by atoms with E-state index in [2.05, 4.69) is 20.8 Å². The van der Waals surface area contributed by atoms with Gasteiger partial charge in [0.15, 0.2) is 11.6 Å². The molecule has 1 fully saturated rings. The first-order valence-corrected chi connectivity index (χ1v) is 9.75. The molecule has 0 saturated carbocycles. The van der Waals surface area contributed by atoms with Gasteiger partial charge in [0, 0.05) is 48.3 Å². The number of hydrogen-bond acceptors (Lipinski definition) is 4. The van der Waals surface area contributed by atoms with E-state index in [1.807, 2.05) is 6.07 Å². The first kappa shape index (κ1) is 17.9. The lowest BCUT2D eigenvalue weighted by Crippen LogP contribution is -2.32. The Kier molecular flexibility index (Phi) is 4.38. The Labute approximate surface area is 166 Å². The lowest BCUT2D eigenvalue weighted by atomic mass is 9.82. The molecule has 5 nitrogen and oxygen atoms in total. The monoisotopic (exact) mass is 426 g/mol. The zero-order valence-electron chi connectivity index (χ0n) is 15.2. The molecule has 0 radical (unpaired) electrons. The second-order valence-electron chi connectivity index (χ2n) is 6.95. The fraction of sp³-hybridized carbons (Fsp3) is 0.286. The van der Waals surface area contributed by atoms with Gasteiger partial charge in [0.05, 0.1) is 16.8 Å². The highest BCUT2D eigenvalue weighted by Crippen LogP contribution is 2.44. The molecule has 0 aromatic heterocycles. The van der Waals surface area contributed by atoms with Crippen LogP contribution in [0.15, 0.2) is 34.8 Å². The fourth-order valence-corrected chi connectivity index (χ4v) is 4.60. The summed E-state index contributed by atoms with van der Waals surface area (Å²) in [5.41, 5.74) is 2.75. The largest absolute Gasteiger partial charge is 0.371 e. The predicted octanol–water partition coefficient (Wildman–Crippen LogP) is 3.81. The van der Waals surface area contributed by atoms with E-state index < -0.39 is 0 Å². The summed E-state index contributed by atoms with van der Waals surface area (Å²) in [6, 6.07) is 8.77. The number of rotatable bonds is 2. The van der Waals surface area contributed by atoms with Crippen molar-refractivity contribution in [2.45, 2.75) is 19.8 Å². The van der Waals surface area contributed by atoms with E-state index in [1.54, 1.807) is 31.3 Å². The van der Waals surface area contributed by atoms with Crippen LogP contribution in [0.4, 0.5) is 11.4 Å². The van der Waals surface area contributed by atoms with Crippen LogP contribution in [0.1, 0.15) is 51.6 Å². The van der Waals surface area contributed by atoms with Gasteiger partial charge in [0.2, 0.25) is 5.91 Å². The third kappa shape index (κ3) is 2.70. The molecule has 27 heavy (non-hydrogen) atoms. The molecule has 2 aromatic carbocycles. The van der Waals surface area contributed by atoms with E-state index in [1.165, 1.54) is 11.8 Å². The van der Waals surface area contributed by atoms with E-state index in [9.17, 15) is 14.4 Å². The van der Waals surface area contributed by atoms with Crippen LogP contribution in [0, 0.1) is 0 Å². The Morgan fingerprint density at radius 1 is 1.04 bits per heavy atom. The Hall–Kier alpha value is -2.47. The van der Waals surface area contributed by atoms with Crippen molar-refractivity contribution in [1.82, 2.24) is 0 Å². The molecule has 0 unspecified atom stereocenters. The summed E-state index contributed by atoms with van der Waals surface area (Å²) in [6.07, 6.45) is 2.11. The van der Waals surface area contributed by atoms with Crippen molar-refractivity contribution in [3.05, 3.63) is 57.1 Å². The number of carbonyl (C=O) groups is 3. The number of carbonyl (C=O) groups excluding carboxylic acids is 3. The van der Waals surface area contributed by atoms with Crippen LogP contribution in [-0.4, -0.2) is 37.6 Å². The highest BCUT2D eigenvalue weighted by Gasteiger charge is 2.37. The number of nitrogens with zero attached hydrogens (tertiary/aromatic N) is 2. The van der Waals surface area contributed by atoms with Crippen LogP contribution in [0.2, 0.25) is 0 Å². The van der Waals surface area contributed by atoms with Crippen LogP contribution >= 0.6 is 15.9 Å². The average Bonchev–Trinajstić information content (AvgIpc) is 3.19. The third-order valence-electron chi connectivity index (χ3n) is 5.36. The van der Waals surface area contributed by atoms with Gasteiger partial charge >= 0.3 is 0 Å². The summed E-state index contributed by atoms with van der Waals surface area (Å²) in [4.78, 5) is 42.4. The van der Waals surface area contributed by atoms with Gasteiger partial charge in [-0.2, -0.15) is 0 Å². The lowest BCUT2D eigenvalue weighted by Gasteiger charge is -2.30. The Bertz CT molecular complexity index is 993. The zero-order valence-corrected chi connectivity index (χ0v) is 16.8. The van der Waals surface area contributed by atoms with Crippen molar-refractivity contribution in [1.29, 1.82) is 0 Å². The molecule has 1 aliphatic carbocycles. The second kappa shape index (κ2) is 6.60.